The molecule has 0 aromatic carbocycles. The molecule has 0 spiro atoms. The fourth-order valence-electron chi connectivity index (χ4n) is 1.61. The Balaban J connectivity index is 5.18. The maximum atomic E-state index is 6.09. The van der Waals surface area contributed by atoms with Crippen molar-refractivity contribution in [2.75, 3.05) is 6.54 Å². The standard InChI is InChI=1S/C18H28N2/c1-7-10-17(13-9-12-15(3)4)14-20(16(5)6)18(19)11-8-2/h7,10-11,13,15H,5,8,14,19H2,1-4,6H3/b10-7-,17-13+,18-11-. The molecule has 0 saturated carbocycles. The average molecular weight is 272 g/mol. The highest BCUT2D eigenvalue weighted by atomic mass is 15.2. The van der Waals surface area contributed by atoms with Gasteiger partial charge in [-0.15, -0.1) is 0 Å². The highest BCUT2D eigenvalue weighted by Crippen LogP contribution is 2.12. The maximum Gasteiger partial charge on any atom is 0.0990 e. The van der Waals surface area contributed by atoms with Crippen molar-refractivity contribution in [3.8, 4) is 11.8 Å². The zero-order chi connectivity index (χ0) is 15.5. The van der Waals surface area contributed by atoms with E-state index >= 15 is 0 Å². The van der Waals surface area contributed by atoms with E-state index < -0.39 is 0 Å². The molecule has 0 fully saturated rings. The average Bonchev–Trinajstić information content (AvgIpc) is 2.35. The van der Waals surface area contributed by atoms with Crippen LogP contribution in [0, 0.1) is 17.8 Å². The third-order valence-electron chi connectivity index (χ3n) is 2.54. The van der Waals surface area contributed by atoms with Crippen LogP contribution < -0.4 is 5.73 Å². The molecule has 0 amide bonds. The van der Waals surface area contributed by atoms with E-state index in [9.17, 15) is 0 Å². The van der Waals surface area contributed by atoms with Crippen LogP contribution >= 0.6 is 0 Å². The molecule has 0 aromatic rings. The van der Waals surface area contributed by atoms with Gasteiger partial charge >= 0.3 is 0 Å². The Morgan fingerprint density at radius 3 is 2.50 bits per heavy atom. The minimum absolute atomic E-state index is 0.375. The summed E-state index contributed by atoms with van der Waals surface area (Å²) in [7, 11) is 0. The van der Waals surface area contributed by atoms with Crippen molar-refractivity contribution < 1.29 is 0 Å². The summed E-state index contributed by atoms with van der Waals surface area (Å²) in [6.07, 6.45) is 8.94. The van der Waals surface area contributed by atoms with Crippen LogP contribution in [0.15, 0.2) is 48.0 Å². The van der Waals surface area contributed by atoms with E-state index in [1.807, 2.05) is 37.0 Å². The zero-order valence-corrected chi connectivity index (χ0v) is 13.5. The van der Waals surface area contributed by atoms with Crippen molar-refractivity contribution in [3.63, 3.8) is 0 Å². The van der Waals surface area contributed by atoms with Crippen molar-refractivity contribution in [1.82, 2.24) is 4.90 Å². The first-order chi connectivity index (χ1) is 9.42. The van der Waals surface area contributed by atoms with Crippen LogP contribution in [-0.4, -0.2) is 11.4 Å². The number of nitrogens with zero attached hydrogens (tertiary/aromatic N) is 1. The predicted octanol–water partition coefficient (Wildman–Crippen LogP) is 4.19. The first-order valence-electron chi connectivity index (χ1n) is 7.13. The largest absolute Gasteiger partial charge is 0.385 e. The molecule has 2 N–H and O–H groups in total. The predicted molar refractivity (Wildman–Crippen MR) is 89.6 cm³/mol. The Kier molecular flexibility index (Phi) is 9.04. The molecule has 0 radical (unpaired) electrons. The summed E-state index contributed by atoms with van der Waals surface area (Å²) < 4.78 is 0. The molecule has 20 heavy (non-hydrogen) atoms. The van der Waals surface area contributed by atoms with E-state index in [0.29, 0.717) is 12.5 Å². The maximum absolute atomic E-state index is 6.09. The minimum atomic E-state index is 0.375. The third kappa shape index (κ3) is 7.53. The van der Waals surface area contributed by atoms with E-state index in [-0.39, 0.29) is 0 Å². The molecule has 0 aliphatic heterocycles. The second kappa shape index (κ2) is 9.97. The Hall–Kier alpha value is -1.88. The Morgan fingerprint density at radius 1 is 1.40 bits per heavy atom. The van der Waals surface area contributed by atoms with Crippen LogP contribution in [0.25, 0.3) is 0 Å². The van der Waals surface area contributed by atoms with Gasteiger partial charge < -0.3 is 10.6 Å². The quantitative estimate of drug-likeness (QED) is 0.580. The Labute approximate surface area is 124 Å². The molecule has 110 valence electrons. The fraction of sp³-hybridized carbons (Fsp3) is 0.444. The highest BCUT2D eigenvalue weighted by molar-refractivity contribution is 5.31. The minimum Gasteiger partial charge on any atom is -0.385 e. The van der Waals surface area contributed by atoms with Crippen LogP contribution in [0.4, 0.5) is 0 Å². The van der Waals surface area contributed by atoms with Gasteiger partial charge in [-0.05, 0) is 38.0 Å². The molecule has 0 aliphatic rings. The summed E-state index contributed by atoms with van der Waals surface area (Å²) in [4.78, 5) is 2.01. The normalized spacial score (nSPS) is 12.5. The van der Waals surface area contributed by atoms with Gasteiger partial charge in [0.1, 0.15) is 0 Å². The first-order valence-corrected chi connectivity index (χ1v) is 7.13. The molecule has 0 heterocycles. The van der Waals surface area contributed by atoms with Gasteiger partial charge in [0.05, 0.1) is 5.82 Å². The molecule has 2 heteroatoms. The van der Waals surface area contributed by atoms with Crippen molar-refractivity contribution >= 4 is 0 Å². The topological polar surface area (TPSA) is 29.3 Å². The van der Waals surface area contributed by atoms with E-state index in [1.54, 1.807) is 0 Å². The summed E-state index contributed by atoms with van der Waals surface area (Å²) in [5.41, 5.74) is 8.14. The third-order valence-corrected chi connectivity index (χ3v) is 2.54. The Morgan fingerprint density at radius 2 is 2.05 bits per heavy atom. The van der Waals surface area contributed by atoms with Crippen LogP contribution in [0.1, 0.15) is 41.0 Å². The number of hydrogen-bond donors (Lipinski definition) is 1. The highest BCUT2D eigenvalue weighted by Gasteiger charge is 2.08. The molecule has 0 aliphatic carbocycles. The van der Waals surface area contributed by atoms with Crippen LogP contribution in [0.5, 0.6) is 0 Å². The lowest BCUT2D eigenvalue weighted by Gasteiger charge is -2.25. The molecule has 0 aromatic heterocycles. The molecule has 0 bridgehead atoms. The molecule has 0 atom stereocenters. The smallest absolute Gasteiger partial charge is 0.0990 e. The van der Waals surface area contributed by atoms with Crippen LogP contribution in [0.2, 0.25) is 0 Å². The summed E-state index contributed by atoms with van der Waals surface area (Å²) in [5.74, 6) is 7.37. The molecular weight excluding hydrogens is 244 g/mol. The SMILES string of the molecule is C=C(C)N(CC(/C=C\C)=C/C#CC(C)C)/C(N)=C\CC. The number of nitrogens with two attached hydrogens (primary N) is 1. The van der Waals surface area contributed by atoms with E-state index in [0.717, 1.165) is 23.5 Å². The first kappa shape index (κ1) is 18.1. The number of allylic oxidation sites excluding steroid dienone is 4. The van der Waals surface area contributed by atoms with Crippen LogP contribution in [0.3, 0.4) is 0 Å². The second-order valence-corrected chi connectivity index (χ2v) is 5.02. The van der Waals surface area contributed by atoms with Gasteiger partial charge in [-0.25, -0.2) is 0 Å². The van der Waals surface area contributed by atoms with E-state index in [2.05, 4.69) is 45.3 Å². The second-order valence-electron chi connectivity index (χ2n) is 5.02. The van der Waals surface area contributed by atoms with Gasteiger partial charge in [0, 0.05) is 18.2 Å². The Bertz CT molecular complexity index is 454. The van der Waals surface area contributed by atoms with Gasteiger partial charge in [0.25, 0.3) is 0 Å². The van der Waals surface area contributed by atoms with Crippen molar-refractivity contribution in [3.05, 3.63) is 48.0 Å². The van der Waals surface area contributed by atoms with E-state index in [4.69, 9.17) is 5.73 Å². The molecule has 0 saturated heterocycles. The van der Waals surface area contributed by atoms with Crippen molar-refractivity contribution in [1.29, 1.82) is 0 Å². The lowest BCUT2D eigenvalue weighted by atomic mass is 10.2. The lowest BCUT2D eigenvalue weighted by molar-refractivity contribution is 0.460. The monoisotopic (exact) mass is 272 g/mol. The molecule has 0 rings (SSSR count). The number of hydrogen-bond acceptors (Lipinski definition) is 2. The fourth-order valence-corrected chi connectivity index (χ4v) is 1.61. The molecule has 0 unspecified atom stereocenters. The van der Waals surface area contributed by atoms with Crippen molar-refractivity contribution in [2.24, 2.45) is 11.7 Å². The van der Waals surface area contributed by atoms with Gasteiger partial charge in [0.2, 0.25) is 0 Å². The van der Waals surface area contributed by atoms with Gasteiger partial charge in [-0.3, -0.25) is 0 Å². The van der Waals surface area contributed by atoms with Gasteiger partial charge in [-0.1, -0.05) is 51.3 Å². The van der Waals surface area contributed by atoms with E-state index in [1.165, 1.54) is 0 Å². The summed E-state index contributed by atoms with van der Waals surface area (Å²) in [6, 6.07) is 0. The molecule has 2 nitrogen and oxygen atoms in total. The summed E-state index contributed by atoms with van der Waals surface area (Å²) in [5, 5.41) is 0. The summed E-state index contributed by atoms with van der Waals surface area (Å²) in [6.45, 7) is 14.9. The van der Waals surface area contributed by atoms with Crippen LogP contribution in [-0.2, 0) is 0 Å². The summed E-state index contributed by atoms with van der Waals surface area (Å²) >= 11 is 0. The molecular formula is C18H28N2. The lowest BCUT2D eigenvalue weighted by Crippen LogP contribution is -2.27. The zero-order valence-electron chi connectivity index (χ0n) is 13.5. The number of rotatable bonds is 6. The van der Waals surface area contributed by atoms with Crippen molar-refractivity contribution in [2.45, 2.75) is 41.0 Å². The van der Waals surface area contributed by atoms with Gasteiger partial charge in [0.15, 0.2) is 0 Å². The van der Waals surface area contributed by atoms with Gasteiger partial charge in [-0.2, -0.15) is 0 Å².